The van der Waals surface area contributed by atoms with Crippen LogP contribution in [0.25, 0.3) is 0 Å². The normalized spacial score (nSPS) is 29.6. The molecule has 0 aliphatic carbocycles. The third-order valence-electron chi connectivity index (χ3n) is 4.46. The third kappa shape index (κ3) is 2.76. The van der Waals surface area contributed by atoms with Crippen LogP contribution in [0, 0.1) is 0 Å². The van der Waals surface area contributed by atoms with Gasteiger partial charge in [0.1, 0.15) is 0 Å². The van der Waals surface area contributed by atoms with Gasteiger partial charge in [-0.3, -0.25) is 4.90 Å². The second kappa shape index (κ2) is 5.85. The molecule has 2 heteroatoms. The molecule has 0 radical (unpaired) electrons. The second-order valence-electron chi connectivity index (χ2n) is 5.72. The Hall–Kier alpha value is -0.860. The highest BCUT2D eigenvalue weighted by atomic mass is 15.2. The maximum Gasteiger partial charge on any atom is 0.0252 e. The average molecular weight is 244 g/mol. The minimum Gasteiger partial charge on any atom is -0.312 e. The lowest BCUT2D eigenvalue weighted by molar-refractivity contribution is 0.112. The first kappa shape index (κ1) is 12.2. The van der Waals surface area contributed by atoms with Crippen LogP contribution < -0.4 is 5.32 Å². The summed E-state index contributed by atoms with van der Waals surface area (Å²) < 4.78 is 0. The Morgan fingerprint density at radius 3 is 2.72 bits per heavy atom. The van der Waals surface area contributed by atoms with Crippen LogP contribution in [0.2, 0.25) is 0 Å². The summed E-state index contributed by atoms with van der Waals surface area (Å²) in [7, 11) is 0. The molecule has 1 aromatic rings. The molecule has 2 aliphatic rings. The molecule has 0 saturated carbocycles. The van der Waals surface area contributed by atoms with Gasteiger partial charge in [-0.2, -0.15) is 0 Å². The Labute approximate surface area is 110 Å². The van der Waals surface area contributed by atoms with Gasteiger partial charge < -0.3 is 5.32 Å². The molecule has 98 valence electrons. The summed E-state index contributed by atoms with van der Waals surface area (Å²) in [6.07, 6.45) is 6.89. The first-order chi connectivity index (χ1) is 8.93. The van der Waals surface area contributed by atoms with Gasteiger partial charge in [-0.15, -0.1) is 0 Å². The minimum atomic E-state index is 0.744. The van der Waals surface area contributed by atoms with Gasteiger partial charge in [-0.05, 0) is 44.3 Å². The van der Waals surface area contributed by atoms with Gasteiger partial charge >= 0.3 is 0 Å². The monoisotopic (exact) mass is 244 g/mol. The van der Waals surface area contributed by atoms with Crippen LogP contribution in [-0.2, 0) is 6.54 Å². The summed E-state index contributed by atoms with van der Waals surface area (Å²) in [4.78, 5) is 2.71. The van der Waals surface area contributed by atoms with Crippen LogP contribution in [0.1, 0.15) is 37.7 Å². The highest BCUT2D eigenvalue weighted by molar-refractivity contribution is 5.15. The smallest absolute Gasteiger partial charge is 0.0252 e. The van der Waals surface area contributed by atoms with Crippen molar-refractivity contribution < 1.29 is 0 Å². The van der Waals surface area contributed by atoms with Crippen molar-refractivity contribution in [3.8, 4) is 0 Å². The zero-order chi connectivity index (χ0) is 12.2. The summed E-state index contributed by atoms with van der Waals surface area (Å²) in [5.74, 6) is 0. The quantitative estimate of drug-likeness (QED) is 0.879. The van der Waals surface area contributed by atoms with Crippen molar-refractivity contribution in [2.45, 2.75) is 50.7 Å². The summed E-state index contributed by atoms with van der Waals surface area (Å²) in [5.41, 5.74) is 1.46. The lowest BCUT2D eigenvalue weighted by Crippen LogP contribution is -2.49. The molecule has 2 heterocycles. The van der Waals surface area contributed by atoms with E-state index in [4.69, 9.17) is 0 Å². The van der Waals surface area contributed by atoms with Gasteiger partial charge in [0.25, 0.3) is 0 Å². The zero-order valence-corrected chi connectivity index (χ0v) is 11.1. The molecule has 2 fully saturated rings. The lowest BCUT2D eigenvalue weighted by atomic mass is 9.94. The van der Waals surface area contributed by atoms with Crippen LogP contribution in [0.15, 0.2) is 30.3 Å². The molecule has 2 nitrogen and oxygen atoms in total. The standard InChI is InChI=1S/C16H24N2/c1-2-7-14(8-3-1)13-18-12-5-4-10-16(18)15-9-6-11-17-15/h1-3,7-8,15-17H,4-6,9-13H2/t15-,16-/m0/s1. The van der Waals surface area contributed by atoms with Crippen molar-refractivity contribution in [2.24, 2.45) is 0 Å². The molecule has 3 rings (SSSR count). The summed E-state index contributed by atoms with van der Waals surface area (Å²) in [6.45, 7) is 3.63. The number of nitrogens with zero attached hydrogens (tertiary/aromatic N) is 1. The van der Waals surface area contributed by atoms with Gasteiger partial charge in [0, 0.05) is 18.6 Å². The van der Waals surface area contributed by atoms with E-state index < -0.39 is 0 Å². The predicted molar refractivity (Wildman–Crippen MR) is 75.5 cm³/mol. The molecule has 2 atom stereocenters. The van der Waals surface area contributed by atoms with Crippen molar-refractivity contribution in [3.05, 3.63) is 35.9 Å². The number of hydrogen-bond acceptors (Lipinski definition) is 2. The number of nitrogens with one attached hydrogen (secondary N) is 1. The lowest BCUT2D eigenvalue weighted by Gasteiger charge is -2.39. The molecule has 0 amide bonds. The van der Waals surface area contributed by atoms with Crippen molar-refractivity contribution in [1.29, 1.82) is 0 Å². The predicted octanol–water partition coefficient (Wildman–Crippen LogP) is 2.79. The number of hydrogen-bond donors (Lipinski definition) is 1. The van der Waals surface area contributed by atoms with E-state index >= 15 is 0 Å². The molecule has 0 bridgehead atoms. The molecule has 0 aromatic heterocycles. The van der Waals surface area contributed by atoms with Gasteiger partial charge in [0.2, 0.25) is 0 Å². The molecule has 1 aromatic carbocycles. The van der Waals surface area contributed by atoms with Gasteiger partial charge in [-0.25, -0.2) is 0 Å². The fourth-order valence-electron chi connectivity index (χ4n) is 3.53. The number of benzene rings is 1. The first-order valence-corrected chi connectivity index (χ1v) is 7.45. The van der Waals surface area contributed by atoms with E-state index in [2.05, 4.69) is 40.5 Å². The fourth-order valence-corrected chi connectivity index (χ4v) is 3.53. The third-order valence-corrected chi connectivity index (χ3v) is 4.46. The maximum atomic E-state index is 3.70. The number of piperidine rings is 1. The maximum absolute atomic E-state index is 3.70. The molecule has 0 unspecified atom stereocenters. The Morgan fingerprint density at radius 1 is 1.06 bits per heavy atom. The zero-order valence-electron chi connectivity index (χ0n) is 11.1. The van der Waals surface area contributed by atoms with E-state index in [1.807, 2.05) is 0 Å². The Morgan fingerprint density at radius 2 is 1.94 bits per heavy atom. The van der Waals surface area contributed by atoms with E-state index in [0.29, 0.717) is 0 Å². The SMILES string of the molecule is c1ccc(CN2CCCC[C@H]2[C@@H]2CCCN2)cc1. The van der Waals surface area contributed by atoms with E-state index in [1.165, 1.54) is 50.8 Å². The molecule has 0 spiro atoms. The van der Waals surface area contributed by atoms with Crippen molar-refractivity contribution >= 4 is 0 Å². The van der Waals surface area contributed by atoms with Crippen LogP contribution in [0.4, 0.5) is 0 Å². The Bertz CT molecular complexity index is 357. The Kier molecular flexibility index (Phi) is 3.96. The van der Waals surface area contributed by atoms with Crippen LogP contribution in [0.5, 0.6) is 0 Å². The Balaban J connectivity index is 1.67. The number of likely N-dealkylation sites (tertiary alicyclic amines) is 1. The summed E-state index contributed by atoms with van der Waals surface area (Å²) >= 11 is 0. The molecule has 18 heavy (non-hydrogen) atoms. The van der Waals surface area contributed by atoms with Crippen molar-refractivity contribution in [2.75, 3.05) is 13.1 Å². The van der Waals surface area contributed by atoms with Gasteiger partial charge in [0.05, 0.1) is 0 Å². The summed E-state index contributed by atoms with van der Waals surface area (Å²) in [5, 5.41) is 3.70. The van der Waals surface area contributed by atoms with Gasteiger partial charge in [-0.1, -0.05) is 36.8 Å². The van der Waals surface area contributed by atoms with Crippen molar-refractivity contribution in [1.82, 2.24) is 10.2 Å². The number of rotatable bonds is 3. The highest BCUT2D eigenvalue weighted by Crippen LogP contribution is 2.25. The average Bonchev–Trinajstić information content (AvgIpc) is 2.94. The largest absolute Gasteiger partial charge is 0.312 e. The second-order valence-corrected chi connectivity index (χ2v) is 5.72. The van der Waals surface area contributed by atoms with Crippen LogP contribution >= 0.6 is 0 Å². The highest BCUT2D eigenvalue weighted by Gasteiger charge is 2.31. The molecular weight excluding hydrogens is 220 g/mol. The fraction of sp³-hybridized carbons (Fsp3) is 0.625. The van der Waals surface area contributed by atoms with E-state index in [9.17, 15) is 0 Å². The van der Waals surface area contributed by atoms with E-state index in [-0.39, 0.29) is 0 Å². The summed E-state index contributed by atoms with van der Waals surface area (Å²) in [6, 6.07) is 12.4. The molecular formula is C16H24N2. The van der Waals surface area contributed by atoms with Crippen LogP contribution in [-0.4, -0.2) is 30.1 Å². The minimum absolute atomic E-state index is 0.744. The van der Waals surface area contributed by atoms with E-state index in [1.54, 1.807) is 0 Å². The van der Waals surface area contributed by atoms with Crippen molar-refractivity contribution in [3.63, 3.8) is 0 Å². The topological polar surface area (TPSA) is 15.3 Å². The first-order valence-electron chi connectivity index (χ1n) is 7.45. The van der Waals surface area contributed by atoms with Crippen LogP contribution in [0.3, 0.4) is 0 Å². The molecule has 2 saturated heterocycles. The van der Waals surface area contributed by atoms with Gasteiger partial charge in [0.15, 0.2) is 0 Å². The molecule has 1 N–H and O–H groups in total. The molecule has 2 aliphatic heterocycles. The van der Waals surface area contributed by atoms with E-state index in [0.717, 1.165) is 18.6 Å².